The van der Waals surface area contributed by atoms with Crippen LogP contribution in [0, 0.1) is 10.1 Å². The van der Waals surface area contributed by atoms with Crippen LogP contribution in [-0.2, 0) is 4.79 Å². The lowest BCUT2D eigenvalue weighted by molar-refractivity contribution is -0.384. The summed E-state index contributed by atoms with van der Waals surface area (Å²) in [6.45, 7) is 1.70. The number of carbonyl (C=O) groups is 1. The Kier molecular flexibility index (Phi) is 5.63. The van der Waals surface area contributed by atoms with Crippen molar-refractivity contribution in [2.75, 3.05) is 5.75 Å². The summed E-state index contributed by atoms with van der Waals surface area (Å²) in [5, 5.41) is 15.1. The number of amides is 1. The summed E-state index contributed by atoms with van der Waals surface area (Å²) >= 11 is 1.56. The van der Waals surface area contributed by atoms with E-state index in [0.717, 1.165) is 0 Å². The Morgan fingerprint density at radius 3 is 2.30 bits per heavy atom. The van der Waals surface area contributed by atoms with Crippen LogP contribution < -0.4 is 5.43 Å². The molecule has 7 heteroatoms. The number of nitrogens with zero attached hydrogens (tertiary/aromatic N) is 2. The quantitative estimate of drug-likeness (QED) is 0.350. The highest BCUT2D eigenvalue weighted by atomic mass is 32.2. The van der Waals surface area contributed by atoms with Gasteiger partial charge in [0.15, 0.2) is 0 Å². The first-order chi connectivity index (χ1) is 14.5. The Morgan fingerprint density at radius 2 is 1.67 bits per heavy atom. The van der Waals surface area contributed by atoms with Gasteiger partial charge in [0.25, 0.3) is 5.69 Å². The molecule has 0 fully saturated rings. The van der Waals surface area contributed by atoms with Crippen LogP contribution in [-0.4, -0.2) is 22.3 Å². The molecule has 0 aromatic heterocycles. The molecule has 1 aliphatic rings. The number of hydrazone groups is 1. The molecular formula is C23H19N3O3S. The third kappa shape index (κ3) is 3.97. The Hall–Kier alpha value is -3.45. The maximum Gasteiger partial charge on any atom is 0.270 e. The van der Waals surface area contributed by atoms with Gasteiger partial charge in [0, 0.05) is 17.7 Å². The van der Waals surface area contributed by atoms with Gasteiger partial charge in [0.1, 0.15) is 0 Å². The van der Waals surface area contributed by atoms with Crippen LogP contribution in [0.1, 0.15) is 28.9 Å². The van der Waals surface area contributed by atoms with Gasteiger partial charge >= 0.3 is 0 Å². The standard InChI is InChI=1S/C23H19N3O3S/c1-15(16-7-6-8-17(13-16)26(28)29)24-25-22(27)14-30-23-20-11-4-2-9-18(20)19-10-3-5-12-21(19)23/h2-13,23H,14H2,1H3,(H,25,27)/b24-15-. The summed E-state index contributed by atoms with van der Waals surface area (Å²) in [6, 6.07) is 22.7. The van der Waals surface area contributed by atoms with Gasteiger partial charge in [-0.25, -0.2) is 5.43 Å². The van der Waals surface area contributed by atoms with Crippen LogP contribution in [0.2, 0.25) is 0 Å². The van der Waals surface area contributed by atoms with Gasteiger partial charge in [0.05, 0.1) is 21.6 Å². The van der Waals surface area contributed by atoms with Gasteiger partial charge in [-0.05, 0) is 29.2 Å². The first-order valence-corrected chi connectivity index (χ1v) is 10.5. The number of thioether (sulfide) groups is 1. The molecule has 30 heavy (non-hydrogen) atoms. The number of rotatable bonds is 6. The monoisotopic (exact) mass is 417 g/mol. The maximum absolute atomic E-state index is 12.4. The molecule has 1 amide bonds. The van der Waals surface area contributed by atoms with Crippen LogP contribution >= 0.6 is 11.8 Å². The van der Waals surface area contributed by atoms with Crippen molar-refractivity contribution in [3.8, 4) is 11.1 Å². The van der Waals surface area contributed by atoms with Crippen molar-refractivity contribution in [2.45, 2.75) is 12.2 Å². The van der Waals surface area contributed by atoms with Gasteiger partial charge in [-0.2, -0.15) is 5.10 Å². The zero-order chi connectivity index (χ0) is 21.1. The number of nitro benzene ring substituents is 1. The summed E-state index contributed by atoms with van der Waals surface area (Å²) in [5.74, 6) is 0.0330. The van der Waals surface area contributed by atoms with Crippen molar-refractivity contribution in [3.63, 3.8) is 0 Å². The van der Waals surface area contributed by atoms with Crippen molar-refractivity contribution >= 4 is 29.1 Å². The Balaban J connectivity index is 1.43. The molecule has 4 rings (SSSR count). The minimum atomic E-state index is -0.455. The van der Waals surface area contributed by atoms with Gasteiger partial charge in [-0.3, -0.25) is 14.9 Å². The van der Waals surface area contributed by atoms with Crippen molar-refractivity contribution < 1.29 is 9.72 Å². The molecule has 6 nitrogen and oxygen atoms in total. The molecule has 1 N–H and O–H groups in total. The second-order valence-electron chi connectivity index (χ2n) is 6.91. The van der Waals surface area contributed by atoms with Crippen LogP contribution in [0.25, 0.3) is 11.1 Å². The average molecular weight is 417 g/mol. The highest BCUT2D eigenvalue weighted by Gasteiger charge is 2.28. The fraction of sp³-hybridized carbons (Fsp3) is 0.130. The molecule has 3 aromatic carbocycles. The van der Waals surface area contributed by atoms with E-state index in [-0.39, 0.29) is 22.6 Å². The van der Waals surface area contributed by atoms with E-state index in [1.54, 1.807) is 30.8 Å². The Morgan fingerprint density at radius 1 is 1.03 bits per heavy atom. The number of nitrogens with one attached hydrogen (secondary N) is 1. The largest absolute Gasteiger partial charge is 0.272 e. The smallest absolute Gasteiger partial charge is 0.270 e. The van der Waals surface area contributed by atoms with Gasteiger partial charge in [0.2, 0.25) is 5.91 Å². The first-order valence-electron chi connectivity index (χ1n) is 9.42. The lowest BCUT2D eigenvalue weighted by Gasteiger charge is -2.12. The molecule has 1 aliphatic carbocycles. The van der Waals surface area contributed by atoms with E-state index in [4.69, 9.17) is 0 Å². The molecule has 0 unspecified atom stereocenters. The van der Waals surface area contributed by atoms with E-state index in [1.807, 2.05) is 24.3 Å². The first kappa shape index (κ1) is 19.8. The molecule has 3 aromatic rings. The van der Waals surface area contributed by atoms with Crippen LogP contribution in [0.15, 0.2) is 77.9 Å². The summed E-state index contributed by atoms with van der Waals surface area (Å²) in [7, 11) is 0. The Labute approximate surface area is 178 Å². The molecular weight excluding hydrogens is 398 g/mol. The zero-order valence-electron chi connectivity index (χ0n) is 16.2. The van der Waals surface area contributed by atoms with Gasteiger partial charge in [-0.1, -0.05) is 60.7 Å². The lowest BCUT2D eigenvalue weighted by Crippen LogP contribution is -2.21. The number of nitro groups is 1. The molecule has 150 valence electrons. The number of fused-ring (bicyclic) bond motifs is 3. The molecule has 0 saturated carbocycles. The summed E-state index contributed by atoms with van der Waals surface area (Å²) in [4.78, 5) is 22.9. The number of hydrogen-bond donors (Lipinski definition) is 1. The van der Waals surface area contributed by atoms with E-state index < -0.39 is 4.92 Å². The number of carbonyl (C=O) groups excluding carboxylic acids is 1. The SMILES string of the molecule is C/C(=N/NC(=O)CSC1c2ccccc2-c2ccccc21)c1cccc([N+](=O)[O-])c1. The molecule has 0 heterocycles. The minimum absolute atomic E-state index is 0.0116. The maximum atomic E-state index is 12.4. The van der Waals surface area contributed by atoms with E-state index in [1.165, 1.54) is 34.4 Å². The van der Waals surface area contributed by atoms with Crippen LogP contribution in [0.3, 0.4) is 0 Å². The minimum Gasteiger partial charge on any atom is -0.272 e. The van der Waals surface area contributed by atoms with Crippen LogP contribution in [0.5, 0.6) is 0 Å². The molecule has 0 spiro atoms. The molecule has 0 atom stereocenters. The van der Waals surface area contributed by atoms with Crippen molar-refractivity contribution in [1.82, 2.24) is 5.43 Å². The van der Waals surface area contributed by atoms with Gasteiger partial charge in [-0.15, -0.1) is 11.8 Å². The number of non-ortho nitro benzene ring substituents is 1. The topological polar surface area (TPSA) is 84.6 Å². The predicted octanol–water partition coefficient (Wildman–Crippen LogP) is 4.94. The Bertz CT molecular complexity index is 1110. The second-order valence-corrected chi connectivity index (χ2v) is 8.00. The third-order valence-electron chi connectivity index (χ3n) is 4.98. The average Bonchev–Trinajstić information content (AvgIpc) is 3.10. The lowest BCUT2D eigenvalue weighted by atomic mass is 10.1. The summed E-state index contributed by atoms with van der Waals surface area (Å²) in [5.41, 5.74) is 8.51. The fourth-order valence-corrected chi connectivity index (χ4v) is 4.69. The van der Waals surface area contributed by atoms with E-state index >= 15 is 0 Å². The molecule has 0 radical (unpaired) electrons. The normalized spacial score (nSPS) is 12.9. The predicted molar refractivity (Wildman–Crippen MR) is 120 cm³/mol. The third-order valence-corrected chi connectivity index (χ3v) is 6.25. The highest BCUT2D eigenvalue weighted by molar-refractivity contribution is 8.00. The fourth-order valence-electron chi connectivity index (χ4n) is 3.54. The van der Waals surface area contributed by atoms with E-state index in [2.05, 4.69) is 34.8 Å². The van der Waals surface area contributed by atoms with E-state index in [0.29, 0.717) is 11.3 Å². The van der Waals surface area contributed by atoms with Crippen molar-refractivity contribution in [2.24, 2.45) is 5.10 Å². The van der Waals surface area contributed by atoms with E-state index in [9.17, 15) is 14.9 Å². The highest BCUT2D eigenvalue weighted by Crippen LogP contribution is 2.49. The van der Waals surface area contributed by atoms with Crippen LogP contribution in [0.4, 0.5) is 5.69 Å². The molecule has 0 bridgehead atoms. The summed E-state index contributed by atoms with van der Waals surface area (Å²) < 4.78 is 0. The van der Waals surface area contributed by atoms with Gasteiger partial charge < -0.3 is 0 Å². The summed E-state index contributed by atoms with van der Waals surface area (Å²) in [6.07, 6.45) is 0. The molecule has 0 saturated heterocycles. The van der Waals surface area contributed by atoms with Crippen molar-refractivity contribution in [3.05, 3.63) is 99.6 Å². The molecule has 0 aliphatic heterocycles. The van der Waals surface area contributed by atoms with Crippen molar-refractivity contribution in [1.29, 1.82) is 0 Å². The number of benzene rings is 3. The number of hydrogen-bond acceptors (Lipinski definition) is 5. The zero-order valence-corrected chi connectivity index (χ0v) is 17.1. The second kappa shape index (κ2) is 8.51.